The van der Waals surface area contributed by atoms with Crippen molar-refractivity contribution in [2.75, 3.05) is 13.2 Å². The van der Waals surface area contributed by atoms with Crippen molar-refractivity contribution in [3.05, 3.63) is 35.1 Å². The van der Waals surface area contributed by atoms with Crippen LogP contribution >= 0.6 is 0 Å². The summed E-state index contributed by atoms with van der Waals surface area (Å²) in [5.74, 6) is -0.170. The lowest BCUT2D eigenvalue weighted by atomic mass is 9.95. The topological polar surface area (TPSA) is 21.3 Å². The fraction of sp³-hybridized carbons (Fsp3) is 0.600. The molecule has 1 aromatic rings. The lowest BCUT2D eigenvalue weighted by molar-refractivity contribution is 0.0780. The van der Waals surface area contributed by atoms with E-state index in [1.165, 1.54) is 6.07 Å². The first-order chi connectivity index (χ1) is 8.72. The molecular formula is C15H22FNO. The first-order valence-corrected chi connectivity index (χ1v) is 6.83. The van der Waals surface area contributed by atoms with Crippen molar-refractivity contribution in [1.29, 1.82) is 0 Å². The smallest absolute Gasteiger partial charge is 0.123 e. The Morgan fingerprint density at radius 2 is 2.33 bits per heavy atom. The molecule has 2 atom stereocenters. The summed E-state index contributed by atoms with van der Waals surface area (Å²) in [7, 11) is 0. The maximum atomic E-state index is 13.4. The van der Waals surface area contributed by atoms with E-state index in [1.54, 1.807) is 6.07 Å². The Labute approximate surface area is 109 Å². The highest BCUT2D eigenvalue weighted by molar-refractivity contribution is 5.30. The fourth-order valence-corrected chi connectivity index (χ4v) is 2.55. The average Bonchev–Trinajstić information content (AvgIpc) is 2.88. The van der Waals surface area contributed by atoms with Gasteiger partial charge in [-0.05, 0) is 56.0 Å². The zero-order valence-electron chi connectivity index (χ0n) is 11.2. The molecule has 2 rings (SSSR count). The summed E-state index contributed by atoms with van der Waals surface area (Å²) in [6.45, 7) is 5.92. The highest BCUT2D eigenvalue weighted by atomic mass is 19.1. The van der Waals surface area contributed by atoms with E-state index in [-0.39, 0.29) is 18.0 Å². The van der Waals surface area contributed by atoms with Crippen LogP contribution < -0.4 is 5.32 Å². The molecule has 1 aliphatic heterocycles. The minimum atomic E-state index is -0.170. The first-order valence-electron chi connectivity index (χ1n) is 6.83. The van der Waals surface area contributed by atoms with E-state index in [0.717, 1.165) is 43.5 Å². The Morgan fingerprint density at radius 1 is 1.50 bits per heavy atom. The van der Waals surface area contributed by atoms with Gasteiger partial charge in [-0.25, -0.2) is 4.39 Å². The summed E-state index contributed by atoms with van der Waals surface area (Å²) >= 11 is 0. The summed E-state index contributed by atoms with van der Waals surface area (Å²) < 4.78 is 19.2. The largest absolute Gasteiger partial charge is 0.376 e. The van der Waals surface area contributed by atoms with Crippen LogP contribution in [0.5, 0.6) is 0 Å². The number of hydrogen-bond donors (Lipinski definition) is 1. The number of ether oxygens (including phenoxy) is 1. The molecule has 0 radical (unpaired) electrons. The molecule has 1 heterocycles. The standard InChI is InChI=1S/C15H22FNO/c1-3-8-17-15(14-5-4-9-18-14)13-10-12(16)7-6-11(13)2/h6-7,10,14-15,17H,3-5,8-9H2,1-2H3. The number of hydrogen-bond acceptors (Lipinski definition) is 2. The van der Waals surface area contributed by atoms with Crippen molar-refractivity contribution in [3.8, 4) is 0 Å². The number of benzene rings is 1. The summed E-state index contributed by atoms with van der Waals surface area (Å²) in [4.78, 5) is 0. The van der Waals surface area contributed by atoms with Gasteiger partial charge in [0.2, 0.25) is 0 Å². The molecule has 1 saturated heterocycles. The molecule has 0 aromatic heterocycles. The Hall–Kier alpha value is -0.930. The minimum Gasteiger partial charge on any atom is -0.376 e. The van der Waals surface area contributed by atoms with Gasteiger partial charge in [0.25, 0.3) is 0 Å². The fourth-order valence-electron chi connectivity index (χ4n) is 2.55. The molecule has 2 unspecified atom stereocenters. The summed E-state index contributed by atoms with van der Waals surface area (Å²) in [6, 6.07) is 5.12. The van der Waals surface area contributed by atoms with Crippen LogP contribution in [0.2, 0.25) is 0 Å². The van der Waals surface area contributed by atoms with E-state index >= 15 is 0 Å². The van der Waals surface area contributed by atoms with Crippen LogP contribution in [0, 0.1) is 12.7 Å². The quantitative estimate of drug-likeness (QED) is 0.866. The molecule has 0 bridgehead atoms. The molecule has 0 aliphatic carbocycles. The van der Waals surface area contributed by atoms with Crippen LogP contribution in [-0.4, -0.2) is 19.3 Å². The Bertz CT molecular complexity index is 388. The second-order valence-corrected chi connectivity index (χ2v) is 4.98. The maximum absolute atomic E-state index is 13.4. The summed E-state index contributed by atoms with van der Waals surface area (Å²) in [5.41, 5.74) is 2.16. The van der Waals surface area contributed by atoms with E-state index in [4.69, 9.17) is 4.74 Å². The number of halogens is 1. The lowest BCUT2D eigenvalue weighted by Crippen LogP contribution is -2.32. The van der Waals surface area contributed by atoms with Crippen LogP contribution in [0.3, 0.4) is 0 Å². The van der Waals surface area contributed by atoms with Crippen molar-refractivity contribution in [1.82, 2.24) is 5.32 Å². The summed E-state index contributed by atoms with van der Waals surface area (Å²) in [6.07, 6.45) is 3.40. The van der Waals surface area contributed by atoms with Crippen molar-refractivity contribution in [3.63, 3.8) is 0 Å². The van der Waals surface area contributed by atoms with Crippen LogP contribution in [0.1, 0.15) is 43.4 Å². The van der Waals surface area contributed by atoms with E-state index in [0.29, 0.717) is 0 Å². The molecule has 1 N–H and O–H groups in total. The van der Waals surface area contributed by atoms with Gasteiger partial charge < -0.3 is 10.1 Å². The molecular weight excluding hydrogens is 229 g/mol. The van der Waals surface area contributed by atoms with E-state index in [9.17, 15) is 4.39 Å². The van der Waals surface area contributed by atoms with Gasteiger partial charge in [-0.1, -0.05) is 13.0 Å². The van der Waals surface area contributed by atoms with Crippen LogP contribution in [0.15, 0.2) is 18.2 Å². The van der Waals surface area contributed by atoms with E-state index in [2.05, 4.69) is 12.2 Å². The van der Waals surface area contributed by atoms with Crippen LogP contribution in [-0.2, 0) is 4.74 Å². The maximum Gasteiger partial charge on any atom is 0.123 e. The Morgan fingerprint density at radius 3 is 3.00 bits per heavy atom. The van der Waals surface area contributed by atoms with Crippen LogP contribution in [0.25, 0.3) is 0 Å². The third kappa shape index (κ3) is 3.09. The predicted octanol–water partition coefficient (Wildman–Crippen LogP) is 3.35. The van der Waals surface area contributed by atoms with Gasteiger partial charge in [0.05, 0.1) is 12.1 Å². The highest BCUT2D eigenvalue weighted by Crippen LogP contribution is 2.29. The third-order valence-electron chi connectivity index (χ3n) is 3.53. The van der Waals surface area contributed by atoms with Gasteiger partial charge in [0, 0.05) is 6.61 Å². The number of rotatable bonds is 5. The monoisotopic (exact) mass is 251 g/mol. The molecule has 18 heavy (non-hydrogen) atoms. The van der Waals surface area contributed by atoms with E-state index < -0.39 is 0 Å². The van der Waals surface area contributed by atoms with Gasteiger partial charge in [-0.2, -0.15) is 0 Å². The molecule has 0 saturated carbocycles. The molecule has 1 aliphatic rings. The zero-order valence-corrected chi connectivity index (χ0v) is 11.2. The van der Waals surface area contributed by atoms with Gasteiger partial charge in [-0.15, -0.1) is 0 Å². The van der Waals surface area contributed by atoms with Gasteiger partial charge in [0.15, 0.2) is 0 Å². The average molecular weight is 251 g/mol. The van der Waals surface area contributed by atoms with Crippen molar-refractivity contribution >= 4 is 0 Å². The number of nitrogens with one attached hydrogen (secondary N) is 1. The highest BCUT2D eigenvalue weighted by Gasteiger charge is 2.28. The molecule has 0 amide bonds. The van der Waals surface area contributed by atoms with E-state index in [1.807, 2.05) is 13.0 Å². The van der Waals surface area contributed by atoms with Gasteiger partial charge >= 0.3 is 0 Å². The van der Waals surface area contributed by atoms with Gasteiger partial charge in [0.1, 0.15) is 5.82 Å². The lowest BCUT2D eigenvalue weighted by Gasteiger charge is -2.26. The van der Waals surface area contributed by atoms with Crippen molar-refractivity contribution < 1.29 is 9.13 Å². The molecule has 0 spiro atoms. The molecule has 1 fully saturated rings. The Balaban J connectivity index is 2.23. The number of aryl methyl sites for hydroxylation is 1. The second kappa shape index (κ2) is 6.30. The van der Waals surface area contributed by atoms with Crippen molar-refractivity contribution in [2.45, 2.75) is 45.3 Å². The predicted molar refractivity (Wildman–Crippen MR) is 71.1 cm³/mol. The normalized spacial score (nSPS) is 21.2. The Kier molecular flexibility index (Phi) is 4.72. The van der Waals surface area contributed by atoms with Crippen LogP contribution in [0.4, 0.5) is 4.39 Å². The first kappa shape index (κ1) is 13.5. The van der Waals surface area contributed by atoms with Gasteiger partial charge in [-0.3, -0.25) is 0 Å². The molecule has 3 heteroatoms. The molecule has 1 aromatic carbocycles. The summed E-state index contributed by atoms with van der Waals surface area (Å²) in [5, 5.41) is 3.50. The third-order valence-corrected chi connectivity index (χ3v) is 3.53. The minimum absolute atomic E-state index is 0.114. The van der Waals surface area contributed by atoms with Crippen molar-refractivity contribution in [2.24, 2.45) is 0 Å². The molecule has 100 valence electrons. The molecule has 2 nitrogen and oxygen atoms in total. The zero-order chi connectivity index (χ0) is 13.0. The second-order valence-electron chi connectivity index (χ2n) is 4.98. The SMILES string of the molecule is CCCNC(c1cc(F)ccc1C)C1CCCO1.